The standard InChI is InChI=1S/C14H17N3O/c1-9-14(11-5-3-4-6-12(11)16-9)17-8-10(15-2)7-13(17)18/h3-6,10,15-16H,7-8H2,1-2H3. The number of benzene rings is 1. The minimum absolute atomic E-state index is 0.196. The third-order valence-corrected chi connectivity index (χ3v) is 3.66. The second kappa shape index (κ2) is 4.14. The Kier molecular flexibility index (Phi) is 2.59. The first kappa shape index (κ1) is 11.3. The maximum Gasteiger partial charge on any atom is 0.228 e. The number of anilines is 1. The van der Waals surface area contributed by atoms with E-state index in [0.29, 0.717) is 6.42 Å². The minimum atomic E-state index is 0.196. The molecular formula is C14H17N3O. The summed E-state index contributed by atoms with van der Waals surface area (Å²) in [5.74, 6) is 0.196. The summed E-state index contributed by atoms with van der Waals surface area (Å²) in [6.07, 6.45) is 0.579. The van der Waals surface area contributed by atoms with Gasteiger partial charge in [-0.15, -0.1) is 0 Å². The van der Waals surface area contributed by atoms with Crippen LogP contribution in [0.3, 0.4) is 0 Å². The molecule has 1 fully saturated rings. The van der Waals surface area contributed by atoms with E-state index in [2.05, 4.69) is 16.4 Å². The third-order valence-electron chi connectivity index (χ3n) is 3.66. The van der Waals surface area contributed by atoms with Gasteiger partial charge in [0, 0.05) is 35.6 Å². The minimum Gasteiger partial charge on any atom is -0.357 e. The summed E-state index contributed by atoms with van der Waals surface area (Å²) in [6, 6.07) is 8.38. The van der Waals surface area contributed by atoms with Crippen LogP contribution in [0.4, 0.5) is 5.69 Å². The molecule has 3 rings (SSSR count). The Morgan fingerprint density at radius 3 is 2.89 bits per heavy atom. The largest absolute Gasteiger partial charge is 0.357 e. The lowest BCUT2D eigenvalue weighted by atomic mass is 10.2. The molecule has 4 nitrogen and oxygen atoms in total. The number of hydrogen-bond acceptors (Lipinski definition) is 2. The van der Waals surface area contributed by atoms with Crippen molar-refractivity contribution in [1.82, 2.24) is 10.3 Å². The van der Waals surface area contributed by atoms with Crippen LogP contribution < -0.4 is 10.2 Å². The molecule has 1 saturated heterocycles. The number of para-hydroxylation sites is 1. The van der Waals surface area contributed by atoms with Gasteiger partial charge in [0.1, 0.15) is 0 Å². The molecule has 18 heavy (non-hydrogen) atoms. The number of H-pyrrole nitrogens is 1. The molecular weight excluding hydrogens is 226 g/mol. The number of likely N-dealkylation sites (N-methyl/N-ethyl adjacent to an activating group) is 1. The van der Waals surface area contributed by atoms with Crippen LogP contribution in [0.25, 0.3) is 10.9 Å². The van der Waals surface area contributed by atoms with Crippen LogP contribution in [0.1, 0.15) is 12.1 Å². The highest BCUT2D eigenvalue weighted by Gasteiger charge is 2.31. The van der Waals surface area contributed by atoms with Crippen LogP contribution in [0.15, 0.2) is 24.3 Å². The predicted molar refractivity (Wildman–Crippen MR) is 72.9 cm³/mol. The van der Waals surface area contributed by atoms with E-state index >= 15 is 0 Å². The number of amides is 1. The third kappa shape index (κ3) is 1.61. The van der Waals surface area contributed by atoms with E-state index in [1.165, 1.54) is 0 Å². The summed E-state index contributed by atoms with van der Waals surface area (Å²) in [5, 5.41) is 4.31. The van der Waals surface area contributed by atoms with Crippen LogP contribution in [0.2, 0.25) is 0 Å². The number of aryl methyl sites for hydroxylation is 1. The van der Waals surface area contributed by atoms with E-state index in [0.717, 1.165) is 28.8 Å². The Morgan fingerprint density at radius 2 is 2.17 bits per heavy atom. The number of nitrogens with one attached hydrogen (secondary N) is 2. The zero-order valence-corrected chi connectivity index (χ0v) is 10.7. The number of aromatic amines is 1. The molecule has 1 unspecified atom stereocenters. The number of aromatic nitrogens is 1. The topological polar surface area (TPSA) is 48.1 Å². The van der Waals surface area contributed by atoms with E-state index in [-0.39, 0.29) is 11.9 Å². The van der Waals surface area contributed by atoms with Crippen molar-refractivity contribution in [3.63, 3.8) is 0 Å². The van der Waals surface area contributed by atoms with Gasteiger partial charge in [-0.3, -0.25) is 4.79 Å². The number of rotatable bonds is 2. The summed E-state index contributed by atoms with van der Waals surface area (Å²) >= 11 is 0. The van der Waals surface area contributed by atoms with Crippen molar-refractivity contribution in [3.8, 4) is 0 Å². The van der Waals surface area contributed by atoms with Crippen LogP contribution in [0, 0.1) is 6.92 Å². The maximum absolute atomic E-state index is 12.1. The van der Waals surface area contributed by atoms with Crippen molar-refractivity contribution >= 4 is 22.5 Å². The zero-order valence-electron chi connectivity index (χ0n) is 10.7. The van der Waals surface area contributed by atoms with E-state index in [1.807, 2.05) is 37.1 Å². The lowest BCUT2D eigenvalue weighted by Gasteiger charge is -2.17. The summed E-state index contributed by atoms with van der Waals surface area (Å²) in [6.45, 7) is 2.77. The van der Waals surface area contributed by atoms with E-state index in [9.17, 15) is 4.79 Å². The van der Waals surface area contributed by atoms with Crippen molar-refractivity contribution < 1.29 is 4.79 Å². The number of nitrogens with zero attached hydrogens (tertiary/aromatic N) is 1. The van der Waals surface area contributed by atoms with Gasteiger partial charge in [0.25, 0.3) is 0 Å². The lowest BCUT2D eigenvalue weighted by Crippen LogP contribution is -2.30. The quantitative estimate of drug-likeness (QED) is 0.845. The van der Waals surface area contributed by atoms with Crippen LogP contribution >= 0.6 is 0 Å². The van der Waals surface area contributed by atoms with Gasteiger partial charge in [-0.2, -0.15) is 0 Å². The Morgan fingerprint density at radius 1 is 1.39 bits per heavy atom. The van der Waals surface area contributed by atoms with Gasteiger partial charge in [0.2, 0.25) is 5.91 Å². The number of carbonyl (C=O) groups is 1. The normalized spacial score (nSPS) is 20.0. The zero-order chi connectivity index (χ0) is 12.7. The van der Waals surface area contributed by atoms with Gasteiger partial charge >= 0.3 is 0 Å². The highest BCUT2D eigenvalue weighted by Crippen LogP contribution is 2.33. The van der Waals surface area contributed by atoms with Gasteiger partial charge in [-0.25, -0.2) is 0 Å². The molecule has 4 heteroatoms. The summed E-state index contributed by atoms with van der Waals surface area (Å²) in [5.41, 5.74) is 3.18. The van der Waals surface area contributed by atoms with Crippen LogP contribution in [0.5, 0.6) is 0 Å². The van der Waals surface area contributed by atoms with Crippen molar-refractivity contribution in [1.29, 1.82) is 0 Å². The van der Waals surface area contributed by atoms with Crippen molar-refractivity contribution in [3.05, 3.63) is 30.0 Å². The molecule has 1 aromatic carbocycles. The Balaban J connectivity index is 2.09. The first-order chi connectivity index (χ1) is 8.70. The first-order valence-electron chi connectivity index (χ1n) is 6.25. The molecule has 1 aliphatic rings. The van der Waals surface area contributed by atoms with Gasteiger partial charge in [0.05, 0.1) is 5.69 Å². The molecule has 0 spiro atoms. The molecule has 1 atom stereocenters. The fourth-order valence-corrected chi connectivity index (χ4v) is 2.73. The van der Waals surface area contributed by atoms with Gasteiger partial charge in [0.15, 0.2) is 0 Å². The molecule has 2 heterocycles. The summed E-state index contributed by atoms with van der Waals surface area (Å²) < 4.78 is 0. The fraction of sp³-hybridized carbons (Fsp3) is 0.357. The monoisotopic (exact) mass is 243 g/mol. The molecule has 94 valence electrons. The van der Waals surface area contributed by atoms with Crippen molar-refractivity contribution in [2.24, 2.45) is 0 Å². The molecule has 0 bridgehead atoms. The molecule has 2 aromatic rings. The SMILES string of the molecule is CNC1CC(=O)N(c2c(C)[nH]c3ccccc23)C1. The van der Waals surface area contributed by atoms with Crippen molar-refractivity contribution in [2.75, 3.05) is 18.5 Å². The van der Waals surface area contributed by atoms with Gasteiger partial charge in [-0.05, 0) is 20.0 Å². The van der Waals surface area contributed by atoms with Crippen molar-refractivity contribution in [2.45, 2.75) is 19.4 Å². The molecule has 1 aliphatic heterocycles. The second-order valence-electron chi connectivity index (χ2n) is 4.84. The average molecular weight is 243 g/mol. The number of carbonyl (C=O) groups excluding carboxylic acids is 1. The highest BCUT2D eigenvalue weighted by atomic mass is 16.2. The average Bonchev–Trinajstić information content (AvgIpc) is 2.88. The number of fused-ring (bicyclic) bond motifs is 1. The van der Waals surface area contributed by atoms with E-state index < -0.39 is 0 Å². The first-order valence-corrected chi connectivity index (χ1v) is 6.25. The molecule has 2 N–H and O–H groups in total. The summed E-state index contributed by atoms with van der Waals surface area (Å²) in [4.78, 5) is 17.4. The number of hydrogen-bond donors (Lipinski definition) is 2. The van der Waals surface area contributed by atoms with Crippen LogP contribution in [-0.2, 0) is 4.79 Å². The molecule has 0 radical (unpaired) electrons. The Bertz CT molecular complexity index is 602. The highest BCUT2D eigenvalue weighted by molar-refractivity contribution is 6.06. The maximum atomic E-state index is 12.1. The fourth-order valence-electron chi connectivity index (χ4n) is 2.73. The van der Waals surface area contributed by atoms with Crippen LogP contribution in [-0.4, -0.2) is 30.5 Å². The smallest absolute Gasteiger partial charge is 0.228 e. The predicted octanol–water partition coefficient (Wildman–Crippen LogP) is 1.80. The molecule has 0 aliphatic carbocycles. The Hall–Kier alpha value is -1.81. The molecule has 0 saturated carbocycles. The molecule has 1 amide bonds. The van der Waals surface area contributed by atoms with Gasteiger partial charge < -0.3 is 15.2 Å². The lowest BCUT2D eigenvalue weighted by molar-refractivity contribution is -0.117. The Labute approximate surface area is 106 Å². The van der Waals surface area contributed by atoms with E-state index in [4.69, 9.17) is 0 Å². The van der Waals surface area contributed by atoms with E-state index in [1.54, 1.807) is 0 Å². The second-order valence-corrected chi connectivity index (χ2v) is 4.84. The summed E-state index contributed by atoms with van der Waals surface area (Å²) in [7, 11) is 1.91. The molecule has 1 aromatic heterocycles. The van der Waals surface area contributed by atoms with Gasteiger partial charge in [-0.1, -0.05) is 18.2 Å².